The second kappa shape index (κ2) is 4.79. The normalized spacial score (nSPS) is 7.00. The molecule has 0 radical (unpaired) electrons. The molecule has 1 heterocycles. The van der Waals surface area contributed by atoms with Gasteiger partial charge in [-0.1, -0.05) is 6.07 Å². The van der Waals surface area contributed by atoms with Gasteiger partial charge in [0.15, 0.2) is 12.4 Å². The molecular formula is C7H8N2. The van der Waals surface area contributed by atoms with Crippen molar-refractivity contribution in [2.45, 2.75) is 0 Å². The molecule has 9 heavy (non-hydrogen) atoms. The molecule has 0 bridgehead atoms. The molecule has 0 spiro atoms. The number of rotatable bonds is 0. The molecule has 0 aliphatic carbocycles. The zero-order valence-corrected chi connectivity index (χ0v) is 5.28. The third kappa shape index (κ3) is 3.24. The molecule has 0 unspecified atom stereocenters. The maximum atomic E-state index is 6.25. The molecular weight excluding hydrogens is 112 g/mol. The van der Waals surface area contributed by atoms with Gasteiger partial charge in [-0.05, 0) is 0 Å². The van der Waals surface area contributed by atoms with Gasteiger partial charge in [0.25, 0.3) is 0 Å². The molecule has 0 aromatic carbocycles. The van der Waals surface area contributed by atoms with Crippen LogP contribution in [0.5, 0.6) is 0 Å². The minimum absolute atomic E-state index is 2.00. The molecule has 1 rings (SSSR count). The molecule has 0 saturated carbocycles. The van der Waals surface area contributed by atoms with Gasteiger partial charge in [-0.15, -0.1) is 0 Å². The van der Waals surface area contributed by atoms with Gasteiger partial charge >= 0.3 is 0 Å². The van der Waals surface area contributed by atoms with E-state index in [-0.39, 0.29) is 0 Å². The summed E-state index contributed by atoms with van der Waals surface area (Å²) in [7, 11) is 2.00. The fourth-order valence-corrected chi connectivity index (χ4v) is 0.485. The molecule has 2 nitrogen and oxygen atoms in total. The Kier molecular flexibility index (Phi) is 4.07. The number of aromatic nitrogens is 1. The van der Waals surface area contributed by atoms with E-state index in [9.17, 15) is 0 Å². The Bertz CT molecular complexity index is 167. The van der Waals surface area contributed by atoms with E-state index in [1.807, 2.05) is 42.2 Å². The van der Waals surface area contributed by atoms with E-state index in [4.69, 9.17) is 11.8 Å². The number of pyridine rings is 1. The average molecular weight is 120 g/mol. The average Bonchev–Trinajstić information content (AvgIpc) is 1.94. The molecule has 46 valence electrons. The molecule has 2 heteroatoms. The van der Waals surface area contributed by atoms with Crippen LogP contribution in [0.25, 0.3) is 0 Å². The van der Waals surface area contributed by atoms with E-state index < -0.39 is 0 Å². The van der Waals surface area contributed by atoms with Gasteiger partial charge in [-0.25, -0.2) is 4.57 Å². The number of hydrogen-bond donors (Lipinski definition) is 0. The molecule has 0 aliphatic rings. The van der Waals surface area contributed by atoms with Crippen LogP contribution in [-0.2, 0) is 7.05 Å². The lowest BCUT2D eigenvalue weighted by atomic mass is 10.5. The topological polar surface area (TPSA) is 27.7 Å². The SMILES string of the molecule is C[n+]1ccccc1.[C-]#N. The maximum Gasteiger partial charge on any atom is 0.168 e. The van der Waals surface area contributed by atoms with Crippen LogP contribution < -0.4 is 4.57 Å². The molecule has 0 saturated heterocycles. The highest BCUT2D eigenvalue weighted by Crippen LogP contribution is 1.71. The molecule has 0 N–H and O–H groups in total. The zero-order valence-electron chi connectivity index (χ0n) is 5.28. The van der Waals surface area contributed by atoms with Crippen molar-refractivity contribution < 1.29 is 4.57 Å². The summed E-state index contributed by atoms with van der Waals surface area (Å²) in [5, 5.41) is 6.25. The number of hydrogen-bond acceptors (Lipinski definition) is 1. The summed E-state index contributed by atoms with van der Waals surface area (Å²) < 4.78 is 2.00. The standard InChI is InChI=1S/C6H8N.CN/c1-7-5-3-2-4-6-7;1-2/h2-6H,1H3;/q+1;-1. The van der Waals surface area contributed by atoms with Crippen molar-refractivity contribution in [3.8, 4) is 0 Å². The smallest absolute Gasteiger partial charge is 0.168 e. The van der Waals surface area contributed by atoms with Crippen LogP contribution in [0.1, 0.15) is 0 Å². The first-order valence-corrected chi connectivity index (χ1v) is 2.52. The highest BCUT2D eigenvalue weighted by Gasteiger charge is 1.78. The van der Waals surface area contributed by atoms with Crippen molar-refractivity contribution in [1.29, 1.82) is 5.26 Å². The number of nitrogens with zero attached hydrogens (tertiary/aromatic N) is 2. The van der Waals surface area contributed by atoms with Crippen molar-refractivity contribution >= 4 is 0 Å². The molecule has 0 atom stereocenters. The summed E-state index contributed by atoms with van der Waals surface area (Å²) in [4.78, 5) is 0. The Balaban J connectivity index is 0.000000291. The minimum Gasteiger partial charge on any atom is -0.512 e. The number of aryl methyl sites for hydroxylation is 1. The second-order valence-electron chi connectivity index (χ2n) is 1.54. The van der Waals surface area contributed by atoms with Crippen LogP contribution >= 0.6 is 0 Å². The maximum absolute atomic E-state index is 6.25. The summed E-state index contributed by atoms with van der Waals surface area (Å²) in [6.45, 7) is 4.75. The van der Waals surface area contributed by atoms with E-state index in [1.54, 1.807) is 0 Å². The predicted octanol–water partition coefficient (Wildman–Crippen LogP) is 0.607. The molecule has 0 aliphatic heterocycles. The summed E-state index contributed by atoms with van der Waals surface area (Å²) in [5.74, 6) is 0. The Morgan fingerprint density at radius 3 is 1.78 bits per heavy atom. The van der Waals surface area contributed by atoms with Crippen molar-refractivity contribution in [2.75, 3.05) is 0 Å². The quantitative estimate of drug-likeness (QED) is 0.364. The van der Waals surface area contributed by atoms with Crippen LogP contribution in [0.15, 0.2) is 30.6 Å². The van der Waals surface area contributed by atoms with Crippen LogP contribution in [0.2, 0.25) is 0 Å². The van der Waals surface area contributed by atoms with Crippen LogP contribution in [-0.4, -0.2) is 0 Å². The third-order valence-electron chi connectivity index (χ3n) is 0.865. The van der Waals surface area contributed by atoms with Crippen molar-refractivity contribution in [1.82, 2.24) is 0 Å². The Morgan fingerprint density at radius 1 is 1.11 bits per heavy atom. The van der Waals surface area contributed by atoms with Gasteiger partial charge < -0.3 is 11.8 Å². The fraction of sp³-hybridized carbons (Fsp3) is 0.143. The Morgan fingerprint density at radius 2 is 1.56 bits per heavy atom. The van der Waals surface area contributed by atoms with E-state index in [0.29, 0.717) is 0 Å². The fourth-order valence-electron chi connectivity index (χ4n) is 0.485. The van der Waals surface area contributed by atoms with E-state index in [0.717, 1.165) is 0 Å². The highest BCUT2D eigenvalue weighted by molar-refractivity contribution is 4.83. The first kappa shape index (κ1) is 7.64. The van der Waals surface area contributed by atoms with Crippen LogP contribution in [0.4, 0.5) is 0 Å². The Labute approximate surface area is 55.0 Å². The Hall–Kier alpha value is -1.36. The monoisotopic (exact) mass is 120 g/mol. The summed E-state index contributed by atoms with van der Waals surface area (Å²) in [5.41, 5.74) is 0. The predicted molar refractivity (Wildman–Crippen MR) is 32.6 cm³/mol. The summed E-state index contributed by atoms with van der Waals surface area (Å²) >= 11 is 0. The van der Waals surface area contributed by atoms with Crippen molar-refractivity contribution in [3.05, 3.63) is 37.2 Å². The van der Waals surface area contributed by atoms with Crippen LogP contribution in [0.3, 0.4) is 0 Å². The first-order valence-electron chi connectivity index (χ1n) is 2.52. The first-order chi connectivity index (χ1) is 4.39. The lowest BCUT2D eigenvalue weighted by molar-refractivity contribution is -0.671. The minimum atomic E-state index is 2.00. The lowest BCUT2D eigenvalue weighted by Crippen LogP contribution is -2.25. The van der Waals surface area contributed by atoms with E-state index in [2.05, 4.69) is 0 Å². The summed E-state index contributed by atoms with van der Waals surface area (Å²) in [6.07, 6.45) is 4.00. The molecule has 1 aromatic heterocycles. The largest absolute Gasteiger partial charge is 0.512 e. The molecule has 0 fully saturated rings. The van der Waals surface area contributed by atoms with Gasteiger partial charge in [0.2, 0.25) is 0 Å². The second-order valence-corrected chi connectivity index (χ2v) is 1.54. The zero-order chi connectivity index (χ0) is 7.11. The third-order valence-corrected chi connectivity index (χ3v) is 0.865. The van der Waals surface area contributed by atoms with Gasteiger partial charge in [0, 0.05) is 12.1 Å². The molecule has 0 amide bonds. The van der Waals surface area contributed by atoms with Gasteiger partial charge in [0.1, 0.15) is 7.05 Å². The van der Waals surface area contributed by atoms with Crippen molar-refractivity contribution in [2.24, 2.45) is 7.05 Å². The lowest BCUT2D eigenvalue weighted by Gasteiger charge is -1.77. The highest BCUT2D eigenvalue weighted by atomic mass is 14.9. The van der Waals surface area contributed by atoms with E-state index in [1.165, 1.54) is 0 Å². The van der Waals surface area contributed by atoms with Crippen LogP contribution in [0, 0.1) is 11.8 Å². The summed E-state index contributed by atoms with van der Waals surface area (Å²) in [6, 6.07) is 6.00. The van der Waals surface area contributed by atoms with E-state index >= 15 is 0 Å². The van der Waals surface area contributed by atoms with Gasteiger partial charge in [-0.2, -0.15) is 0 Å². The molecule has 1 aromatic rings. The van der Waals surface area contributed by atoms with Crippen molar-refractivity contribution in [3.63, 3.8) is 0 Å². The van der Waals surface area contributed by atoms with Gasteiger partial charge in [0.05, 0.1) is 0 Å². The van der Waals surface area contributed by atoms with Gasteiger partial charge in [-0.3, -0.25) is 0 Å².